The number of carbonyl (C=O) groups is 2. The second-order valence-electron chi connectivity index (χ2n) is 10.4. The molecule has 1 fully saturated rings. The van der Waals surface area contributed by atoms with Gasteiger partial charge >= 0.3 is 0 Å². The number of rotatable bonds is 11. The molecule has 0 spiro atoms. The van der Waals surface area contributed by atoms with Gasteiger partial charge in [0.25, 0.3) is 0 Å². The van der Waals surface area contributed by atoms with E-state index in [0.717, 1.165) is 17.5 Å². The lowest BCUT2D eigenvalue weighted by atomic mass is 9.93. The van der Waals surface area contributed by atoms with E-state index in [1.165, 1.54) is 0 Å². The Morgan fingerprint density at radius 3 is 2.67 bits per heavy atom. The van der Waals surface area contributed by atoms with Gasteiger partial charge in [0.2, 0.25) is 17.7 Å². The van der Waals surface area contributed by atoms with E-state index in [9.17, 15) is 14.7 Å². The van der Waals surface area contributed by atoms with Crippen LogP contribution in [0.5, 0.6) is 0 Å². The van der Waals surface area contributed by atoms with Crippen LogP contribution in [0.3, 0.4) is 0 Å². The van der Waals surface area contributed by atoms with Crippen molar-refractivity contribution in [2.24, 2.45) is 10.7 Å². The molecule has 0 bridgehead atoms. The van der Waals surface area contributed by atoms with Gasteiger partial charge in [0.15, 0.2) is 0 Å². The average Bonchev–Trinajstić information content (AvgIpc) is 3.58. The summed E-state index contributed by atoms with van der Waals surface area (Å²) in [6.45, 7) is 4.11. The van der Waals surface area contributed by atoms with Gasteiger partial charge in [0.1, 0.15) is 24.2 Å². The maximum Gasteiger partial charge on any atom is 0.248 e. The SMILES string of the molecule is CC(N)C(=O)NC(C(=O)N1CCCC1C1=N[C@](CO)(Cc2cccc(Cl)c2)CO1)C(C)OCc1ccccc1. The smallest absolute Gasteiger partial charge is 0.248 e. The van der Waals surface area contributed by atoms with Crippen LogP contribution in [-0.4, -0.2) is 77.2 Å². The number of aliphatic hydroxyl groups excluding tert-OH is 1. The number of nitrogens with zero attached hydrogens (tertiary/aromatic N) is 2. The molecule has 2 amide bonds. The Bertz CT molecular complexity index is 1180. The summed E-state index contributed by atoms with van der Waals surface area (Å²) >= 11 is 6.15. The van der Waals surface area contributed by atoms with Crippen LogP contribution in [0.25, 0.3) is 0 Å². The van der Waals surface area contributed by atoms with Gasteiger partial charge < -0.3 is 30.5 Å². The van der Waals surface area contributed by atoms with E-state index in [1.54, 1.807) is 24.8 Å². The molecule has 0 aliphatic carbocycles. The number of benzene rings is 2. The number of likely N-dealkylation sites (tertiary alicyclic amines) is 1. The first-order valence-corrected chi connectivity index (χ1v) is 13.7. The molecule has 2 aliphatic rings. The molecule has 2 aromatic rings. The normalized spacial score (nSPS) is 23.1. The summed E-state index contributed by atoms with van der Waals surface area (Å²) in [5.74, 6) is -0.295. The van der Waals surface area contributed by atoms with Crippen molar-refractivity contribution in [2.45, 2.75) is 69.5 Å². The van der Waals surface area contributed by atoms with E-state index in [2.05, 4.69) is 5.32 Å². The number of amides is 2. The highest BCUT2D eigenvalue weighted by molar-refractivity contribution is 6.30. The molecule has 39 heavy (non-hydrogen) atoms. The van der Waals surface area contributed by atoms with E-state index in [0.29, 0.717) is 36.9 Å². The predicted octanol–water partition coefficient (Wildman–Crippen LogP) is 2.47. The molecule has 0 radical (unpaired) electrons. The second kappa shape index (κ2) is 12.9. The number of nitrogens with one attached hydrogen (secondary N) is 1. The lowest BCUT2D eigenvalue weighted by Gasteiger charge is -2.32. The molecule has 210 valence electrons. The number of ether oxygens (including phenoxy) is 2. The number of aliphatic hydroxyl groups is 1. The van der Waals surface area contributed by atoms with Crippen molar-refractivity contribution < 1.29 is 24.2 Å². The maximum atomic E-state index is 13.9. The topological polar surface area (TPSA) is 126 Å². The molecule has 2 aliphatic heterocycles. The molecule has 9 nitrogen and oxygen atoms in total. The summed E-state index contributed by atoms with van der Waals surface area (Å²) in [6, 6.07) is 14.9. The minimum absolute atomic E-state index is 0.200. The van der Waals surface area contributed by atoms with Crippen molar-refractivity contribution in [2.75, 3.05) is 19.8 Å². The Morgan fingerprint density at radius 1 is 1.23 bits per heavy atom. The lowest BCUT2D eigenvalue weighted by molar-refractivity contribution is -0.141. The van der Waals surface area contributed by atoms with Gasteiger partial charge in [0, 0.05) is 18.0 Å². The van der Waals surface area contributed by atoms with Gasteiger partial charge in [0.05, 0.1) is 25.4 Å². The highest BCUT2D eigenvalue weighted by Crippen LogP contribution is 2.30. The molecule has 0 aromatic heterocycles. The van der Waals surface area contributed by atoms with Crippen molar-refractivity contribution in [3.05, 3.63) is 70.7 Å². The third-order valence-corrected chi connectivity index (χ3v) is 7.41. The number of carbonyl (C=O) groups excluding carboxylic acids is 2. The van der Waals surface area contributed by atoms with Crippen molar-refractivity contribution in [3.8, 4) is 0 Å². The molecule has 4 unspecified atom stereocenters. The summed E-state index contributed by atoms with van der Waals surface area (Å²) in [5, 5.41) is 13.7. The molecule has 0 saturated carbocycles. The number of halogens is 1. The highest BCUT2D eigenvalue weighted by Gasteiger charge is 2.44. The third kappa shape index (κ3) is 7.16. The van der Waals surface area contributed by atoms with Gasteiger partial charge in [-0.3, -0.25) is 9.59 Å². The van der Waals surface area contributed by atoms with Crippen LogP contribution in [0.15, 0.2) is 59.6 Å². The van der Waals surface area contributed by atoms with E-state index < -0.39 is 35.7 Å². The summed E-state index contributed by atoms with van der Waals surface area (Å²) in [7, 11) is 0. The lowest BCUT2D eigenvalue weighted by Crippen LogP contribution is -2.58. The Labute approximate surface area is 234 Å². The van der Waals surface area contributed by atoms with E-state index in [4.69, 9.17) is 31.8 Å². The molecule has 4 rings (SSSR count). The number of hydrogen-bond donors (Lipinski definition) is 3. The fourth-order valence-corrected chi connectivity index (χ4v) is 5.17. The maximum absolute atomic E-state index is 13.9. The minimum Gasteiger partial charge on any atom is -0.477 e. The second-order valence-corrected chi connectivity index (χ2v) is 10.8. The molecule has 2 aromatic carbocycles. The fourth-order valence-electron chi connectivity index (χ4n) is 4.96. The summed E-state index contributed by atoms with van der Waals surface area (Å²) in [5.41, 5.74) is 6.84. The zero-order chi connectivity index (χ0) is 28.0. The Balaban J connectivity index is 1.52. The van der Waals surface area contributed by atoms with Crippen LogP contribution < -0.4 is 11.1 Å². The summed E-state index contributed by atoms with van der Waals surface area (Å²) in [6.07, 6.45) is 1.25. The standard InChI is InChI=1S/C29H37ClN4O5/c1-19(31)26(36)32-25(20(2)38-16-21-8-4-3-5-9-21)28(37)34-13-7-12-24(34)27-33-29(17-35,18-39-27)15-22-10-6-11-23(30)14-22/h3-6,8-11,14,19-20,24-25,35H,7,12-13,15-18,31H2,1-2H3,(H,32,36)/t19?,20?,24?,25?,29-/m0/s1. The van der Waals surface area contributed by atoms with Crippen LogP contribution in [-0.2, 0) is 32.1 Å². The summed E-state index contributed by atoms with van der Waals surface area (Å²) < 4.78 is 12.0. The van der Waals surface area contributed by atoms with Gasteiger partial charge in [-0.1, -0.05) is 54.1 Å². The fraction of sp³-hybridized carbons (Fsp3) is 0.483. The molecule has 4 N–H and O–H groups in total. The molecular weight excluding hydrogens is 520 g/mol. The summed E-state index contributed by atoms with van der Waals surface area (Å²) in [4.78, 5) is 33.0. The quantitative estimate of drug-likeness (QED) is 0.390. The largest absolute Gasteiger partial charge is 0.477 e. The van der Waals surface area contributed by atoms with Crippen LogP contribution in [0.1, 0.15) is 37.8 Å². The van der Waals surface area contributed by atoms with Crippen LogP contribution in [0.2, 0.25) is 5.02 Å². The minimum atomic E-state index is -0.941. The van der Waals surface area contributed by atoms with Crippen LogP contribution in [0, 0.1) is 0 Å². The zero-order valence-corrected chi connectivity index (χ0v) is 23.1. The highest BCUT2D eigenvalue weighted by atomic mass is 35.5. The molecule has 2 heterocycles. The van der Waals surface area contributed by atoms with E-state index in [-0.39, 0.29) is 19.1 Å². The molecular formula is C29H37ClN4O5. The van der Waals surface area contributed by atoms with Gasteiger partial charge in [-0.05, 0) is 49.9 Å². The molecule has 10 heteroatoms. The number of aliphatic imine (C=N–C) groups is 1. The first-order valence-electron chi connectivity index (χ1n) is 13.3. The van der Waals surface area contributed by atoms with Crippen molar-refractivity contribution in [1.29, 1.82) is 0 Å². The Morgan fingerprint density at radius 2 is 1.97 bits per heavy atom. The third-order valence-electron chi connectivity index (χ3n) is 7.18. The van der Waals surface area contributed by atoms with Crippen LogP contribution in [0.4, 0.5) is 0 Å². The number of hydrogen-bond acceptors (Lipinski definition) is 7. The van der Waals surface area contributed by atoms with Gasteiger partial charge in [-0.25, -0.2) is 4.99 Å². The van der Waals surface area contributed by atoms with E-state index in [1.807, 2.05) is 48.5 Å². The van der Waals surface area contributed by atoms with Crippen molar-refractivity contribution in [3.63, 3.8) is 0 Å². The number of nitrogens with two attached hydrogens (primary N) is 1. The van der Waals surface area contributed by atoms with Crippen molar-refractivity contribution >= 4 is 29.3 Å². The molecule has 5 atom stereocenters. The van der Waals surface area contributed by atoms with Crippen LogP contribution >= 0.6 is 11.6 Å². The monoisotopic (exact) mass is 556 g/mol. The first-order chi connectivity index (χ1) is 18.7. The van der Waals surface area contributed by atoms with Gasteiger partial charge in [-0.2, -0.15) is 0 Å². The Hall–Kier alpha value is -2.98. The average molecular weight is 557 g/mol. The zero-order valence-electron chi connectivity index (χ0n) is 22.4. The first kappa shape index (κ1) is 29.0. The van der Waals surface area contributed by atoms with Gasteiger partial charge in [-0.15, -0.1) is 0 Å². The van der Waals surface area contributed by atoms with E-state index >= 15 is 0 Å². The predicted molar refractivity (Wildman–Crippen MR) is 149 cm³/mol. The Kier molecular flexibility index (Phi) is 9.61. The molecule has 1 saturated heterocycles. The van der Waals surface area contributed by atoms with Crippen molar-refractivity contribution in [1.82, 2.24) is 10.2 Å².